The average Bonchev–Trinajstić information content (AvgIpc) is 2.97. The molecule has 1 aromatic heterocycles. The number of nitrogens with zero attached hydrogens (tertiary/aromatic N) is 2. The van der Waals surface area contributed by atoms with Crippen LogP contribution in [0.4, 0.5) is 8.78 Å². The summed E-state index contributed by atoms with van der Waals surface area (Å²) in [6.07, 6.45) is 5.21. The van der Waals surface area contributed by atoms with E-state index < -0.39 is 11.6 Å². The van der Waals surface area contributed by atoms with Crippen LogP contribution in [-0.2, 0) is 9.53 Å². The molecule has 2 aliphatic carbocycles. The van der Waals surface area contributed by atoms with Crippen molar-refractivity contribution in [2.24, 2.45) is 23.7 Å². The van der Waals surface area contributed by atoms with E-state index in [1.807, 2.05) is 4.57 Å². The van der Waals surface area contributed by atoms with Crippen molar-refractivity contribution in [3.8, 4) is 0 Å². The van der Waals surface area contributed by atoms with Crippen molar-refractivity contribution in [2.75, 3.05) is 13.2 Å². The Labute approximate surface area is 162 Å². The largest absolute Gasteiger partial charge is 0.381 e. The third-order valence-corrected chi connectivity index (χ3v) is 6.93. The van der Waals surface area contributed by atoms with Gasteiger partial charge < -0.3 is 14.6 Å². The van der Waals surface area contributed by atoms with E-state index >= 15 is 0 Å². The fourth-order valence-corrected chi connectivity index (χ4v) is 5.40. The first-order valence-electron chi connectivity index (χ1n) is 10.2. The highest BCUT2D eigenvalue weighted by Gasteiger charge is 2.59. The molecule has 1 N–H and O–H groups in total. The molecule has 7 heteroatoms. The number of aromatic nitrogens is 2. The molecule has 28 heavy (non-hydrogen) atoms. The van der Waals surface area contributed by atoms with Gasteiger partial charge in [0.05, 0.1) is 30.6 Å². The first-order chi connectivity index (χ1) is 13.5. The van der Waals surface area contributed by atoms with Crippen LogP contribution >= 0.6 is 0 Å². The van der Waals surface area contributed by atoms with E-state index in [1.165, 1.54) is 6.07 Å². The normalized spacial score (nSPS) is 30.1. The molecule has 1 aromatic carbocycles. The number of ether oxygens (including phenoxy) is 1. The maximum atomic E-state index is 13.7. The Hall–Kier alpha value is -2.02. The van der Waals surface area contributed by atoms with Gasteiger partial charge in [-0.2, -0.15) is 0 Å². The molecule has 2 aromatic rings. The molecule has 1 amide bonds. The zero-order valence-corrected chi connectivity index (χ0v) is 15.9. The van der Waals surface area contributed by atoms with E-state index in [1.54, 1.807) is 6.33 Å². The van der Waals surface area contributed by atoms with Crippen LogP contribution in [0.25, 0.3) is 11.0 Å². The number of hydrogen-bond acceptors (Lipinski definition) is 3. The van der Waals surface area contributed by atoms with E-state index in [0.717, 1.165) is 25.3 Å². The Morgan fingerprint density at radius 3 is 2.64 bits per heavy atom. The second-order valence-corrected chi connectivity index (χ2v) is 8.63. The molecule has 0 spiro atoms. The number of amides is 1. The topological polar surface area (TPSA) is 56.1 Å². The highest BCUT2D eigenvalue weighted by atomic mass is 19.2. The molecule has 0 bridgehead atoms. The predicted molar refractivity (Wildman–Crippen MR) is 99.5 cm³/mol. The van der Waals surface area contributed by atoms with Gasteiger partial charge in [0.2, 0.25) is 5.91 Å². The summed E-state index contributed by atoms with van der Waals surface area (Å²) in [5.74, 6) is 0.532. The molecule has 2 unspecified atom stereocenters. The first-order valence-corrected chi connectivity index (χ1v) is 10.2. The average molecular weight is 389 g/mol. The third kappa shape index (κ3) is 3.00. The van der Waals surface area contributed by atoms with Crippen LogP contribution in [0, 0.1) is 35.3 Å². The molecule has 1 saturated heterocycles. The lowest BCUT2D eigenvalue weighted by Crippen LogP contribution is -2.40. The van der Waals surface area contributed by atoms with Crippen LogP contribution in [0.5, 0.6) is 0 Å². The van der Waals surface area contributed by atoms with Crippen LogP contribution < -0.4 is 5.32 Å². The molecule has 3 fully saturated rings. The van der Waals surface area contributed by atoms with Crippen molar-refractivity contribution in [3.63, 3.8) is 0 Å². The number of benzene rings is 1. The fourth-order valence-electron chi connectivity index (χ4n) is 5.40. The van der Waals surface area contributed by atoms with E-state index in [0.29, 0.717) is 54.3 Å². The molecular formula is C21H25F2N3O2. The fraction of sp³-hybridized carbons (Fsp3) is 0.619. The van der Waals surface area contributed by atoms with E-state index in [9.17, 15) is 13.6 Å². The molecule has 0 radical (unpaired) electrons. The highest BCUT2D eigenvalue weighted by Crippen LogP contribution is 2.62. The molecule has 5 rings (SSSR count). The van der Waals surface area contributed by atoms with E-state index in [2.05, 4.69) is 17.2 Å². The highest BCUT2D eigenvalue weighted by molar-refractivity contribution is 5.77. The van der Waals surface area contributed by atoms with Crippen molar-refractivity contribution < 1.29 is 18.3 Å². The standard InChI is InChI=1S/C21H25F2N3O2/c1-2-17(25-20(27)3-11-8-28-9-11)21-13-4-12(5-14(13)21)26-10-24-18-6-15(22)16(23)7-19(18)26/h6-7,10-14,17,21H,2-5,8-9H2,1H3,(H,25,27)/t12?,13-,14+,17-,21?/m1/s1. The maximum absolute atomic E-state index is 13.7. The van der Waals surface area contributed by atoms with Crippen LogP contribution in [0.3, 0.4) is 0 Å². The molecular weight excluding hydrogens is 364 g/mol. The number of rotatable bonds is 6. The summed E-state index contributed by atoms with van der Waals surface area (Å²) in [7, 11) is 0. The summed E-state index contributed by atoms with van der Waals surface area (Å²) in [6.45, 7) is 3.53. The molecule has 2 heterocycles. The van der Waals surface area contributed by atoms with Gasteiger partial charge in [0.25, 0.3) is 0 Å². The third-order valence-electron chi connectivity index (χ3n) is 6.93. The van der Waals surface area contributed by atoms with Gasteiger partial charge in [-0.15, -0.1) is 0 Å². The number of imidazole rings is 1. The lowest BCUT2D eigenvalue weighted by molar-refractivity contribution is -0.127. The Morgan fingerprint density at radius 1 is 1.29 bits per heavy atom. The van der Waals surface area contributed by atoms with Crippen molar-refractivity contribution in [1.82, 2.24) is 14.9 Å². The van der Waals surface area contributed by atoms with Crippen molar-refractivity contribution >= 4 is 16.9 Å². The predicted octanol–water partition coefficient (Wildman–Crippen LogP) is 3.44. The van der Waals surface area contributed by atoms with Crippen LogP contribution in [0.2, 0.25) is 0 Å². The number of nitrogens with one attached hydrogen (secondary N) is 1. The Balaban J connectivity index is 1.23. The van der Waals surface area contributed by atoms with Crippen LogP contribution in [0.15, 0.2) is 18.5 Å². The van der Waals surface area contributed by atoms with Gasteiger partial charge in [0.15, 0.2) is 11.6 Å². The molecule has 5 nitrogen and oxygen atoms in total. The van der Waals surface area contributed by atoms with Crippen molar-refractivity contribution in [3.05, 3.63) is 30.1 Å². The number of hydrogen-bond donors (Lipinski definition) is 1. The van der Waals surface area contributed by atoms with Gasteiger partial charge >= 0.3 is 0 Å². The molecule has 150 valence electrons. The molecule has 1 aliphatic heterocycles. The number of halogens is 2. The minimum absolute atomic E-state index is 0.139. The van der Waals surface area contributed by atoms with E-state index in [4.69, 9.17) is 4.74 Å². The van der Waals surface area contributed by atoms with Gasteiger partial charge in [-0.25, -0.2) is 13.8 Å². The van der Waals surface area contributed by atoms with Crippen LogP contribution in [0.1, 0.15) is 38.6 Å². The van der Waals surface area contributed by atoms with Crippen LogP contribution in [-0.4, -0.2) is 34.7 Å². The Morgan fingerprint density at radius 2 is 2.00 bits per heavy atom. The van der Waals surface area contributed by atoms with Gasteiger partial charge in [0.1, 0.15) is 0 Å². The maximum Gasteiger partial charge on any atom is 0.220 e. The summed E-state index contributed by atoms with van der Waals surface area (Å²) in [4.78, 5) is 16.5. The Kier molecular flexibility index (Phi) is 4.38. The zero-order valence-electron chi connectivity index (χ0n) is 15.9. The molecule has 2 saturated carbocycles. The van der Waals surface area contributed by atoms with E-state index in [-0.39, 0.29) is 18.0 Å². The summed E-state index contributed by atoms with van der Waals surface area (Å²) < 4.78 is 34.2. The lowest BCUT2D eigenvalue weighted by Gasteiger charge is -2.27. The summed E-state index contributed by atoms with van der Waals surface area (Å²) in [5.41, 5.74) is 1.15. The minimum atomic E-state index is -0.859. The molecule has 5 atom stereocenters. The lowest BCUT2D eigenvalue weighted by atomic mass is 9.98. The summed E-state index contributed by atoms with van der Waals surface area (Å²) in [6, 6.07) is 2.91. The monoisotopic (exact) mass is 389 g/mol. The number of carbonyl (C=O) groups is 1. The van der Waals surface area contributed by atoms with Crippen molar-refractivity contribution in [2.45, 2.75) is 44.7 Å². The van der Waals surface area contributed by atoms with Crippen molar-refractivity contribution in [1.29, 1.82) is 0 Å². The van der Waals surface area contributed by atoms with Gasteiger partial charge in [-0.05, 0) is 37.0 Å². The van der Waals surface area contributed by atoms with Gasteiger partial charge in [-0.3, -0.25) is 4.79 Å². The van der Waals surface area contributed by atoms with Gasteiger partial charge in [-0.1, -0.05) is 6.92 Å². The quantitative estimate of drug-likeness (QED) is 0.823. The summed E-state index contributed by atoms with van der Waals surface area (Å²) in [5, 5.41) is 3.24. The first kappa shape index (κ1) is 18.0. The zero-order chi connectivity index (χ0) is 19.4. The number of carbonyl (C=O) groups excluding carboxylic acids is 1. The SMILES string of the molecule is CC[C@@H](NC(=O)CC1COC1)C1[C@H]2CC(n3cnc4cc(F)c(F)cc43)C[C@@H]12. The molecule has 3 aliphatic rings. The summed E-state index contributed by atoms with van der Waals surface area (Å²) >= 11 is 0. The smallest absolute Gasteiger partial charge is 0.220 e. The number of fused-ring (bicyclic) bond motifs is 2. The Bertz CT molecular complexity index is 898. The minimum Gasteiger partial charge on any atom is -0.381 e. The second kappa shape index (κ2) is 6.79. The van der Waals surface area contributed by atoms with Gasteiger partial charge in [0, 0.05) is 36.6 Å². The second-order valence-electron chi connectivity index (χ2n) is 8.63.